The largest absolute Gasteiger partial charge is 0.365 e. The molecule has 8 heteroatoms. The molecule has 126 valence electrons. The lowest BCUT2D eigenvalue weighted by molar-refractivity contribution is -0.133. The van der Waals surface area contributed by atoms with Crippen molar-refractivity contribution in [2.24, 2.45) is 0 Å². The van der Waals surface area contributed by atoms with Crippen LogP contribution in [0.25, 0.3) is 5.65 Å². The van der Waals surface area contributed by atoms with E-state index in [0.29, 0.717) is 25.1 Å². The van der Waals surface area contributed by atoms with Crippen LogP contribution >= 0.6 is 0 Å². The van der Waals surface area contributed by atoms with Crippen LogP contribution in [-0.2, 0) is 9.53 Å². The SMILES string of the molecule is O=C(NC1CC1)C1CN(c2ccc3nnc(C4CC4)n3n2)CCO1. The van der Waals surface area contributed by atoms with Crippen molar-refractivity contribution in [2.75, 3.05) is 24.6 Å². The summed E-state index contributed by atoms with van der Waals surface area (Å²) in [6.45, 7) is 1.78. The number of nitrogens with one attached hydrogen (secondary N) is 1. The number of anilines is 1. The molecule has 0 aromatic carbocycles. The molecule has 1 unspecified atom stereocenters. The average Bonchev–Trinajstić information content (AvgIpc) is 3.54. The normalized spacial score (nSPS) is 24.3. The van der Waals surface area contributed by atoms with E-state index in [9.17, 15) is 4.79 Å². The monoisotopic (exact) mass is 328 g/mol. The number of ether oxygens (including phenoxy) is 1. The number of fused-ring (bicyclic) bond motifs is 1. The summed E-state index contributed by atoms with van der Waals surface area (Å²) >= 11 is 0. The van der Waals surface area contributed by atoms with E-state index in [0.717, 1.165) is 49.5 Å². The molecule has 8 nitrogen and oxygen atoms in total. The van der Waals surface area contributed by atoms with Gasteiger partial charge in [0.2, 0.25) is 0 Å². The van der Waals surface area contributed by atoms with E-state index in [1.807, 2.05) is 16.6 Å². The third kappa shape index (κ3) is 2.60. The summed E-state index contributed by atoms with van der Waals surface area (Å²) in [4.78, 5) is 14.3. The number of carbonyl (C=O) groups is 1. The molecule has 0 bridgehead atoms. The maximum absolute atomic E-state index is 12.2. The minimum Gasteiger partial charge on any atom is -0.365 e. The van der Waals surface area contributed by atoms with Crippen LogP contribution in [-0.4, -0.2) is 57.6 Å². The Hall–Kier alpha value is -2.22. The first-order valence-electron chi connectivity index (χ1n) is 8.67. The molecule has 3 heterocycles. The zero-order valence-electron chi connectivity index (χ0n) is 13.4. The van der Waals surface area contributed by atoms with Gasteiger partial charge in [0.1, 0.15) is 5.82 Å². The lowest BCUT2D eigenvalue weighted by Gasteiger charge is -2.32. The molecule has 1 aliphatic heterocycles. The predicted octanol–water partition coefficient (Wildman–Crippen LogP) is 0.485. The van der Waals surface area contributed by atoms with E-state index >= 15 is 0 Å². The Morgan fingerprint density at radius 1 is 1.21 bits per heavy atom. The molecular formula is C16H20N6O2. The quantitative estimate of drug-likeness (QED) is 0.879. The molecule has 0 spiro atoms. The van der Waals surface area contributed by atoms with Crippen molar-refractivity contribution in [3.05, 3.63) is 18.0 Å². The fourth-order valence-corrected chi connectivity index (χ4v) is 3.10. The minimum atomic E-state index is -0.430. The van der Waals surface area contributed by atoms with Gasteiger partial charge in [-0.1, -0.05) is 0 Å². The first kappa shape index (κ1) is 14.2. The summed E-state index contributed by atoms with van der Waals surface area (Å²) in [6.07, 6.45) is 4.05. The molecular weight excluding hydrogens is 308 g/mol. The summed E-state index contributed by atoms with van der Waals surface area (Å²) in [5.74, 6) is 2.27. The van der Waals surface area contributed by atoms with Crippen LogP contribution in [0.3, 0.4) is 0 Å². The highest BCUT2D eigenvalue weighted by atomic mass is 16.5. The highest BCUT2D eigenvalue weighted by molar-refractivity contribution is 5.82. The van der Waals surface area contributed by atoms with Crippen molar-refractivity contribution in [1.82, 2.24) is 25.1 Å². The first-order chi connectivity index (χ1) is 11.8. The van der Waals surface area contributed by atoms with E-state index in [1.165, 1.54) is 0 Å². The minimum absolute atomic E-state index is 0.00811. The van der Waals surface area contributed by atoms with Crippen molar-refractivity contribution in [3.8, 4) is 0 Å². The van der Waals surface area contributed by atoms with Crippen LogP contribution in [0.2, 0.25) is 0 Å². The fraction of sp³-hybridized carbons (Fsp3) is 0.625. The highest BCUT2D eigenvalue weighted by Crippen LogP contribution is 2.38. The summed E-state index contributed by atoms with van der Waals surface area (Å²) in [7, 11) is 0. The molecule has 3 fully saturated rings. The van der Waals surface area contributed by atoms with Crippen LogP contribution in [0.5, 0.6) is 0 Å². The predicted molar refractivity (Wildman–Crippen MR) is 85.9 cm³/mol. The van der Waals surface area contributed by atoms with Gasteiger partial charge in [0.25, 0.3) is 5.91 Å². The number of hydrogen-bond acceptors (Lipinski definition) is 6. The van der Waals surface area contributed by atoms with Gasteiger partial charge in [0.15, 0.2) is 17.6 Å². The summed E-state index contributed by atoms with van der Waals surface area (Å²) < 4.78 is 7.50. The van der Waals surface area contributed by atoms with E-state index in [-0.39, 0.29) is 5.91 Å². The van der Waals surface area contributed by atoms with Gasteiger partial charge in [0.05, 0.1) is 13.2 Å². The van der Waals surface area contributed by atoms with Crippen molar-refractivity contribution in [3.63, 3.8) is 0 Å². The summed E-state index contributed by atoms with van der Waals surface area (Å²) in [6, 6.07) is 4.24. The number of carbonyl (C=O) groups excluding carboxylic acids is 1. The van der Waals surface area contributed by atoms with Crippen molar-refractivity contribution < 1.29 is 9.53 Å². The number of amides is 1. The molecule has 1 amide bonds. The smallest absolute Gasteiger partial charge is 0.251 e. The third-order valence-corrected chi connectivity index (χ3v) is 4.82. The van der Waals surface area contributed by atoms with Crippen molar-refractivity contribution >= 4 is 17.4 Å². The molecule has 2 aromatic heterocycles. The van der Waals surface area contributed by atoms with Crippen molar-refractivity contribution in [2.45, 2.75) is 43.7 Å². The Balaban J connectivity index is 1.37. The highest BCUT2D eigenvalue weighted by Gasteiger charge is 2.32. The molecule has 0 radical (unpaired) electrons. The number of morpholine rings is 1. The maximum Gasteiger partial charge on any atom is 0.251 e. The second-order valence-electron chi connectivity index (χ2n) is 6.88. The summed E-state index contributed by atoms with van der Waals surface area (Å²) in [5, 5.41) is 16.2. The molecule has 3 aliphatic rings. The average molecular weight is 328 g/mol. The molecule has 5 rings (SSSR count). The number of nitrogens with zero attached hydrogens (tertiary/aromatic N) is 5. The van der Waals surface area contributed by atoms with Gasteiger partial charge < -0.3 is 15.0 Å². The Labute approximate surface area is 139 Å². The Morgan fingerprint density at radius 3 is 2.88 bits per heavy atom. The van der Waals surface area contributed by atoms with Crippen LogP contribution in [0, 0.1) is 0 Å². The van der Waals surface area contributed by atoms with E-state index in [1.54, 1.807) is 0 Å². The van der Waals surface area contributed by atoms with Crippen LogP contribution in [0.1, 0.15) is 37.4 Å². The zero-order chi connectivity index (χ0) is 16.1. The van der Waals surface area contributed by atoms with Gasteiger partial charge in [-0.15, -0.1) is 15.3 Å². The van der Waals surface area contributed by atoms with Gasteiger partial charge >= 0.3 is 0 Å². The van der Waals surface area contributed by atoms with E-state index in [4.69, 9.17) is 9.84 Å². The molecule has 2 aromatic rings. The molecule has 2 aliphatic carbocycles. The molecule has 1 saturated heterocycles. The van der Waals surface area contributed by atoms with Crippen LogP contribution < -0.4 is 10.2 Å². The molecule has 1 N–H and O–H groups in total. The Kier molecular flexibility index (Phi) is 3.19. The molecule has 1 atom stereocenters. The fourth-order valence-electron chi connectivity index (χ4n) is 3.10. The van der Waals surface area contributed by atoms with Crippen LogP contribution in [0.4, 0.5) is 5.82 Å². The van der Waals surface area contributed by atoms with Gasteiger partial charge in [-0.05, 0) is 37.8 Å². The maximum atomic E-state index is 12.2. The van der Waals surface area contributed by atoms with E-state index in [2.05, 4.69) is 20.4 Å². The van der Waals surface area contributed by atoms with Gasteiger partial charge in [-0.3, -0.25) is 4.79 Å². The molecule has 2 saturated carbocycles. The van der Waals surface area contributed by atoms with Crippen molar-refractivity contribution in [1.29, 1.82) is 0 Å². The third-order valence-electron chi connectivity index (χ3n) is 4.82. The number of rotatable bonds is 4. The van der Waals surface area contributed by atoms with Gasteiger partial charge in [0, 0.05) is 18.5 Å². The Morgan fingerprint density at radius 2 is 2.08 bits per heavy atom. The summed E-state index contributed by atoms with van der Waals surface area (Å²) in [5.41, 5.74) is 0.775. The van der Waals surface area contributed by atoms with Gasteiger partial charge in [-0.2, -0.15) is 4.52 Å². The lowest BCUT2D eigenvalue weighted by Crippen LogP contribution is -2.50. The second-order valence-corrected chi connectivity index (χ2v) is 6.88. The van der Waals surface area contributed by atoms with Crippen LogP contribution in [0.15, 0.2) is 12.1 Å². The number of aromatic nitrogens is 4. The topological polar surface area (TPSA) is 84.7 Å². The Bertz CT molecular complexity index is 782. The van der Waals surface area contributed by atoms with Gasteiger partial charge in [-0.25, -0.2) is 0 Å². The molecule has 24 heavy (non-hydrogen) atoms. The zero-order valence-corrected chi connectivity index (χ0v) is 13.4. The number of hydrogen-bond donors (Lipinski definition) is 1. The van der Waals surface area contributed by atoms with E-state index < -0.39 is 6.10 Å². The first-order valence-corrected chi connectivity index (χ1v) is 8.67. The standard InChI is InChI=1S/C16H20N6O2/c23-16(17-11-3-4-11)12-9-21(7-8-24-12)14-6-5-13-18-19-15(10-1-2-10)22(13)20-14/h5-6,10-12H,1-4,7-9H2,(H,17,23). The second kappa shape index (κ2) is 5.41. The lowest BCUT2D eigenvalue weighted by atomic mass is 10.2.